The summed E-state index contributed by atoms with van der Waals surface area (Å²) in [6.07, 6.45) is 5.90. The molecule has 0 amide bonds. The van der Waals surface area contributed by atoms with E-state index in [1.807, 2.05) is 30.3 Å². The molecule has 1 atom stereocenters. The normalized spacial score (nSPS) is 28.3. The number of amidine groups is 1. The van der Waals surface area contributed by atoms with Gasteiger partial charge in [-0.25, -0.2) is 0 Å². The Morgan fingerprint density at radius 3 is 2.67 bits per heavy atom. The van der Waals surface area contributed by atoms with Crippen LogP contribution in [-0.4, -0.2) is 28.9 Å². The number of aliphatic imine (C=N–C) groups is 1. The lowest BCUT2D eigenvalue weighted by Crippen LogP contribution is -2.47. The molecule has 1 aromatic rings. The molecule has 0 saturated carbocycles. The van der Waals surface area contributed by atoms with Gasteiger partial charge in [-0.3, -0.25) is 4.99 Å². The lowest BCUT2D eigenvalue weighted by atomic mass is 9.99. The summed E-state index contributed by atoms with van der Waals surface area (Å²) in [5.41, 5.74) is 0.0535. The van der Waals surface area contributed by atoms with Gasteiger partial charge >= 0.3 is 0 Å². The predicted molar refractivity (Wildman–Crippen MR) is 72.4 cm³/mol. The maximum atomic E-state index is 11.0. The van der Waals surface area contributed by atoms with Crippen LogP contribution < -0.4 is 0 Å². The van der Waals surface area contributed by atoms with E-state index in [1.54, 1.807) is 0 Å². The maximum absolute atomic E-state index is 11.0. The van der Waals surface area contributed by atoms with Gasteiger partial charge in [0, 0.05) is 18.5 Å². The number of aliphatic hydroxyl groups is 1. The summed E-state index contributed by atoms with van der Waals surface area (Å²) in [4.78, 5) is 6.71. The molecule has 0 aromatic heterocycles. The second-order valence-electron chi connectivity index (χ2n) is 5.23. The second-order valence-corrected chi connectivity index (χ2v) is 5.23. The molecule has 1 aromatic carbocycles. The van der Waals surface area contributed by atoms with E-state index < -0.39 is 5.72 Å². The van der Waals surface area contributed by atoms with Crippen LogP contribution in [-0.2, 0) is 5.72 Å². The van der Waals surface area contributed by atoms with Crippen molar-refractivity contribution in [1.82, 2.24) is 4.90 Å². The van der Waals surface area contributed by atoms with Crippen LogP contribution in [0.3, 0.4) is 0 Å². The highest BCUT2D eigenvalue weighted by molar-refractivity contribution is 5.85. The molecule has 1 N–H and O–H groups in total. The Morgan fingerprint density at radius 1 is 1.06 bits per heavy atom. The quantitative estimate of drug-likeness (QED) is 0.824. The topological polar surface area (TPSA) is 35.8 Å². The van der Waals surface area contributed by atoms with E-state index >= 15 is 0 Å². The molecule has 0 bridgehead atoms. The first-order valence-corrected chi connectivity index (χ1v) is 6.89. The second kappa shape index (κ2) is 4.73. The van der Waals surface area contributed by atoms with Crippen LogP contribution in [0.5, 0.6) is 0 Å². The van der Waals surface area contributed by atoms with E-state index in [0.29, 0.717) is 6.54 Å². The summed E-state index contributed by atoms with van der Waals surface area (Å²) in [5, 5.41) is 11.0. The molecular weight excluding hydrogens is 224 g/mol. The van der Waals surface area contributed by atoms with E-state index in [9.17, 15) is 5.11 Å². The third-order valence-corrected chi connectivity index (χ3v) is 4.01. The van der Waals surface area contributed by atoms with Crippen molar-refractivity contribution < 1.29 is 5.11 Å². The number of rotatable bonds is 1. The fraction of sp³-hybridized carbons (Fsp3) is 0.533. The first-order chi connectivity index (χ1) is 8.81. The van der Waals surface area contributed by atoms with Crippen molar-refractivity contribution in [3.63, 3.8) is 0 Å². The first-order valence-electron chi connectivity index (χ1n) is 6.89. The molecular formula is C15H20N2O. The third kappa shape index (κ3) is 1.93. The molecule has 3 heteroatoms. The summed E-state index contributed by atoms with van der Waals surface area (Å²) in [7, 11) is 0. The van der Waals surface area contributed by atoms with E-state index in [-0.39, 0.29) is 0 Å². The highest BCUT2D eigenvalue weighted by Crippen LogP contribution is 2.33. The summed E-state index contributed by atoms with van der Waals surface area (Å²) in [6, 6.07) is 9.94. The first kappa shape index (κ1) is 11.7. The smallest absolute Gasteiger partial charge is 0.185 e. The van der Waals surface area contributed by atoms with Crippen LogP contribution >= 0.6 is 0 Å². The lowest BCUT2D eigenvalue weighted by molar-refractivity contribution is -0.0575. The summed E-state index contributed by atoms with van der Waals surface area (Å²) < 4.78 is 0. The Hall–Kier alpha value is -1.35. The molecule has 3 nitrogen and oxygen atoms in total. The predicted octanol–water partition coefficient (Wildman–Crippen LogP) is 2.51. The summed E-state index contributed by atoms with van der Waals surface area (Å²) in [5.74, 6) is 1.10. The fourth-order valence-corrected chi connectivity index (χ4v) is 2.97. The molecule has 0 spiro atoms. The molecule has 2 aliphatic heterocycles. The van der Waals surface area contributed by atoms with Crippen LogP contribution in [0.1, 0.15) is 37.7 Å². The number of hydrogen-bond acceptors (Lipinski definition) is 3. The van der Waals surface area contributed by atoms with Gasteiger partial charge in [0.15, 0.2) is 5.72 Å². The SMILES string of the molecule is O[C@@]1(c2ccccc2)CN=C2CCCCCCN21. The molecule has 0 radical (unpaired) electrons. The zero-order valence-corrected chi connectivity index (χ0v) is 10.7. The highest BCUT2D eigenvalue weighted by Gasteiger charge is 2.42. The Morgan fingerprint density at radius 2 is 1.83 bits per heavy atom. The highest BCUT2D eigenvalue weighted by atomic mass is 16.3. The van der Waals surface area contributed by atoms with Gasteiger partial charge in [0.05, 0.1) is 6.54 Å². The van der Waals surface area contributed by atoms with Gasteiger partial charge in [-0.05, 0) is 12.8 Å². The van der Waals surface area contributed by atoms with Gasteiger partial charge in [0.2, 0.25) is 0 Å². The van der Waals surface area contributed by atoms with Gasteiger partial charge in [-0.1, -0.05) is 43.2 Å². The number of hydrogen-bond donors (Lipinski definition) is 1. The summed E-state index contributed by atoms with van der Waals surface area (Å²) in [6.45, 7) is 1.40. The Balaban J connectivity index is 1.90. The maximum Gasteiger partial charge on any atom is 0.185 e. The molecule has 2 aliphatic rings. The van der Waals surface area contributed by atoms with Crippen molar-refractivity contribution in [2.45, 2.75) is 37.8 Å². The Labute approximate surface area is 108 Å². The van der Waals surface area contributed by atoms with E-state index in [1.165, 1.54) is 19.3 Å². The van der Waals surface area contributed by atoms with Crippen molar-refractivity contribution in [3.05, 3.63) is 35.9 Å². The minimum absolute atomic E-state index is 0.479. The average Bonchev–Trinajstić information content (AvgIpc) is 2.68. The van der Waals surface area contributed by atoms with Gasteiger partial charge in [-0.15, -0.1) is 0 Å². The molecule has 2 heterocycles. The number of benzene rings is 1. The lowest BCUT2D eigenvalue weighted by Gasteiger charge is -2.37. The number of nitrogens with zero attached hydrogens (tertiary/aromatic N) is 2. The average molecular weight is 244 g/mol. The number of fused-ring (bicyclic) bond motifs is 1. The minimum atomic E-state index is -0.909. The zero-order valence-electron chi connectivity index (χ0n) is 10.7. The van der Waals surface area contributed by atoms with Crippen LogP contribution in [0.2, 0.25) is 0 Å². The zero-order chi connectivity index (χ0) is 12.4. The Bertz CT molecular complexity index is 443. The van der Waals surface area contributed by atoms with Crippen LogP contribution in [0.15, 0.2) is 35.3 Å². The largest absolute Gasteiger partial charge is 0.365 e. The van der Waals surface area contributed by atoms with Crippen molar-refractivity contribution in [2.75, 3.05) is 13.1 Å². The monoisotopic (exact) mass is 244 g/mol. The van der Waals surface area contributed by atoms with Crippen molar-refractivity contribution in [3.8, 4) is 0 Å². The molecule has 1 fully saturated rings. The molecule has 1 saturated heterocycles. The van der Waals surface area contributed by atoms with Crippen molar-refractivity contribution in [1.29, 1.82) is 0 Å². The van der Waals surface area contributed by atoms with Gasteiger partial charge in [0.25, 0.3) is 0 Å². The van der Waals surface area contributed by atoms with Gasteiger partial charge < -0.3 is 10.0 Å². The van der Waals surface area contributed by atoms with Crippen molar-refractivity contribution in [2.24, 2.45) is 4.99 Å². The molecule has 18 heavy (non-hydrogen) atoms. The fourth-order valence-electron chi connectivity index (χ4n) is 2.97. The molecule has 0 aliphatic carbocycles. The van der Waals surface area contributed by atoms with Gasteiger partial charge in [0.1, 0.15) is 5.84 Å². The van der Waals surface area contributed by atoms with E-state index in [0.717, 1.165) is 30.8 Å². The standard InChI is InChI=1S/C15H20N2O/c18-15(13-8-4-3-5-9-13)12-16-14-10-6-1-2-7-11-17(14)15/h3-5,8-9,18H,1-2,6-7,10-12H2/t15-/m1/s1. The minimum Gasteiger partial charge on any atom is -0.365 e. The van der Waals surface area contributed by atoms with Crippen LogP contribution in [0.25, 0.3) is 0 Å². The Kier molecular flexibility index (Phi) is 3.08. The summed E-state index contributed by atoms with van der Waals surface area (Å²) >= 11 is 0. The van der Waals surface area contributed by atoms with Gasteiger partial charge in [-0.2, -0.15) is 0 Å². The van der Waals surface area contributed by atoms with E-state index in [4.69, 9.17) is 0 Å². The van der Waals surface area contributed by atoms with Crippen LogP contribution in [0, 0.1) is 0 Å². The van der Waals surface area contributed by atoms with Crippen LogP contribution in [0.4, 0.5) is 0 Å². The van der Waals surface area contributed by atoms with E-state index in [2.05, 4.69) is 9.89 Å². The van der Waals surface area contributed by atoms with Crippen molar-refractivity contribution >= 4 is 5.84 Å². The third-order valence-electron chi connectivity index (χ3n) is 4.01. The molecule has 96 valence electrons. The molecule has 0 unspecified atom stereocenters. The molecule has 3 rings (SSSR count).